The van der Waals surface area contributed by atoms with E-state index < -0.39 is 12.0 Å². The Kier molecular flexibility index (Phi) is 4.67. The van der Waals surface area contributed by atoms with Gasteiger partial charge in [0.1, 0.15) is 5.82 Å². The molecule has 6 heteroatoms. The summed E-state index contributed by atoms with van der Waals surface area (Å²) >= 11 is 0. The first-order valence-electron chi connectivity index (χ1n) is 6.71. The van der Waals surface area contributed by atoms with Crippen molar-refractivity contribution in [1.82, 2.24) is 10.1 Å². The third-order valence-corrected chi connectivity index (χ3v) is 3.02. The highest BCUT2D eigenvalue weighted by molar-refractivity contribution is 5.72. The highest BCUT2D eigenvalue weighted by atomic mass is 19.1. The second-order valence-corrected chi connectivity index (χ2v) is 4.99. The summed E-state index contributed by atoms with van der Waals surface area (Å²) in [6.07, 6.45) is -0.194. The molecule has 1 aromatic heterocycles. The van der Waals surface area contributed by atoms with Crippen LogP contribution in [-0.4, -0.2) is 16.1 Å². The van der Waals surface area contributed by atoms with E-state index in [9.17, 15) is 9.18 Å². The maximum absolute atomic E-state index is 13.1. The van der Waals surface area contributed by atoms with E-state index in [0.717, 1.165) is 5.56 Å². The van der Waals surface area contributed by atoms with Crippen molar-refractivity contribution >= 4 is 5.97 Å². The number of ether oxygens (including phenoxy) is 1. The SMILES string of the molecule is Cc1noc(C(C)OC(=O)C(C)Cc2cccc(F)c2)n1. The first-order chi connectivity index (χ1) is 9.95. The third-order valence-electron chi connectivity index (χ3n) is 3.02. The van der Waals surface area contributed by atoms with Crippen molar-refractivity contribution in [2.45, 2.75) is 33.3 Å². The van der Waals surface area contributed by atoms with E-state index in [0.29, 0.717) is 12.2 Å². The Hall–Kier alpha value is -2.24. The summed E-state index contributed by atoms with van der Waals surface area (Å²) in [5.74, 6) is -0.344. The van der Waals surface area contributed by atoms with Crippen LogP contribution in [0.15, 0.2) is 28.8 Å². The van der Waals surface area contributed by atoms with Crippen molar-refractivity contribution in [3.63, 3.8) is 0 Å². The van der Waals surface area contributed by atoms with Crippen molar-refractivity contribution in [3.05, 3.63) is 47.4 Å². The van der Waals surface area contributed by atoms with Crippen LogP contribution in [0.1, 0.15) is 37.2 Å². The quantitative estimate of drug-likeness (QED) is 0.793. The number of benzene rings is 1. The third kappa shape index (κ3) is 4.11. The zero-order valence-corrected chi connectivity index (χ0v) is 12.2. The van der Waals surface area contributed by atoms with Gasteiger partial charge in [0, 0.05) is 0 Å². The minimum absolute atomic E-state index is 0.263. The lowest BCUT2D eigenvalue weighted by atomic mass is 10.0. The van der Waals surface area contributed by atoms with E-state index in [2.05, 4.69) is 10.1 Å². The van der Waals surface area contributed by atoms with Crippen molar-refractivity contribution < 1.29 is 18.4 Å². The van der Waals surface area contributed by atoms with Gasteiger partial charge in [0.15, 0.2) is 11.9 Å². The molecule has 0 aliphatic carbocycles. The molecule has 0 saturated heterocycles. The van der Waals surface area contributed by atoms with Crippen molar-refractivity contribution in [2.75, 3.05) is 0 Å². The molecule has 0 radical (unpaired) electrons. The maximum atomic E-state index is 13.1. The molecule has 2 unspecified atom stereocenters. The average Bonchev–Trinajstić information content (AvgIpc) is 2.85. The first kappa shape index (κ1) is 15.2. The monoisotopic (exact) mass is 292 g/mol. The fraction of sp³-hybridized carbons (Fsp3) is 0.400. The molecule has 2 atom stereocenters. The van der Waals surface area contributed by atoms with E-state index in [-0.39, 0.29) is 17.7 Å². The summed E-state index contributed by atoms with van der Waals surface area (Å²) in [4.78, 5) is 16.0. The zero-order valence-electron chi connectivity index (χ0n) is 12.2. The molecule has 0 N–H and O–H groups in total. The molecule has 21 heavy (non-hydrogen) atoms. The summed E-state index contributed by atoms with van der Waals surface area (Å²) in [5, 5.41) is 3.65. The zero-order chi connectivity index (χ0) is 15.4. The minimum atomic E-state index is -0.603. The second kappa shape index (κ2) is 6.47. The highest BCUT2D eigenvalue weighted by Crippen LogP contribution is 2.18. The summed E-state index contributed by atoms with van der Waals surface area (Å²) in [7, 11) is 0. The van der Waals surface area contributed by atoms with Crippen LogP contribution < -0.4 is 0 Å². The largest absolute Gasteiger partial charge is 0.452 e. The van der Waals surface area contributed by atoms with Crippen LogP contribution in [0.5, 0.6) is 0 Å². The van der Waals surface area contributed by atoms with Crippen LogP contribution in [-0.2, 0) is 16.0 Å². The molecule has 0 aliphatic heterocycles. The van der Waals surface area contributed by atoms with Gasteiger partial charge in [-0.25, -0.2) is 4.39 Å². The molecular weight excluding hydrogens is 275 g/mol. The van der Waals surface area contributed by atoms with Crippen LogP contribution in [0.4, 0.5) is 4.39 Å². The number of hydrogen-bond donors (Lipinski definition) is 0. The molecule has 0 bridgehead atoms. The van der Waals surface area contributed by atoms with Crippen LogP contribution in [0.3, 0.4) is 0 Å². The fourth-order valence-corrected chi connectivity index (χ4v) is 1.92. The molecule has 112 valence electrons. The number of aryl methyl sites for hydroxylation is 1. The van der Waals surface area contributed by atoms with Gasteiger partial charge in [-0.05, 0) is 38.0 Å². The molecule has 0 fully saturated rings. The number of halogens is 1. The topological polar surface area (TPSA) is 65.2 Å². The Morgan fingerprint density at radius 3 is 2.81 bits per heavy atom. The Labute approximate surface area is 122 Å². The maximum Gasteiger partial charge on any atom is 0.309 e. The van der Waals surface area contributed by atoms with E-state index in [1.165, 1.54) is 12.1 Å². The Morgan fingerprint density at radius 2 is 2.19 bits per heavy atom. The van der Waals surface area contributed by atoms with Gasteiger partial charge in [-0.2, -0.15) is 4.98 Å². The summed E-state index contributed by atoms with van der Waals surface area (Å²) in [5.41, 5.74) is 0.751. The number of carbonyl (C=O) groups excluding carboxylic acids is 1. The van der Waals surface area contributed by atoms with E-state index in [1.807, 2.05) is 0 Å². The van der Waals surface area contributed by atoms with Gasteiger partial charge in [-0.3, -0.25) is 4.79 Å². The van der Waals surface area contributed by atoms with Crippen LogP contribution >= 0.6 is 0 Å². The number of nitrogens with zero attached hydrogens (tertiary/aromatic N) is 2. The standard InChI is InChI=1S/C15H17FN2O3/c1-9(7-12-5-4-6-13(16)8-12)15(19)20-10(2)14-17-11(3)18-21-14/h4-6,8-10H,7H2,1-3H3. The lowest BCUT2D eigenvalue weighted by molar-refractivity contribution is -0.154. The molecule has 2 rings (SSSR count). The normalized spacial score (nSPS) is 13.7. The Bertz CT molecular complexity index is 627. The molecule has 1 heterocycles. The van der Waals surface area contributed by atoms with Crippen LogP contribution in [0.25, 0.3) is 0 Å². The first-order valence-corrected chi connectivity index (χ1v) is 6.71. The van der Waals surface area contributed by atoms with Gasteiger partial charge in [-0.1, -0.05) is 24.2 Å². The van der Waals surface area contributed by atoms with Gasteiger partial charge in [-0.15, -0.1) is 0 Å². The molecule has 5 nitrogen and oxygen atoms in total. The lowest BCUT2D eigenvalue weighted by Crippen LogP contribution is -2.19. The molecule has 0 amide bonds. The van der Waals surface area contributed by atoms with E-state index in [4.69, 9.17) is 9.26 Å². The van der Waals surface area contributed by atoms with E-state index >= 15 is 0 Å². The second-order valence-electron chi connectivity index (χ2n) is 4.99. The average molecular weight is 292 g/mol. The van der Waals surface area contributed by atoms with Gasteiger partial charge in [0.2, 0.25) is 0 Å². The highest BCUT2D eigenvalue weighted by Gasteiger charge is 2.22. The Morgan fingerprint density at radius 1 is 1.43 bits per heavy atom. The Balaban J connectivity index is 1.93. The summed E-state index contributed by atoms with van der Waals surface area (Å²) in [6, 6.07) is 6.17. The lowest BCUT2D eigenvalue weighted by Gasteiger charge is -2.14. The number of rotatable bonds is 5. The van der Waals surface area contributed by atoms with Crippen LogP contribution in [0.2, 0.25) is 0 Å². The molecule has 0 spiro atoms. The van der Waals surface area contributed by atoms with Crippen LogP contribution in [0, 0.1) is 18.7 Å². The number of carbonyl (C=O) groups is 1. The van der Waals surface area contributed by atoms with Gasteiger partial charge >= 0.3 is 5.97 Å². The van der Waals surface area contributed by atoms with Crippen molar-refractivity contribution in [3.8, 4) is 0 Å². The molecule has 0 aliphatic rings. The smallest absolute Gasteiger partial charge is 0.309 e. The number of aromatic nitrogens is 2. The van der Waals surface area contributed by atoms with Gasteiger partial charge in [0.25, 0.3) is 5.89 Å². The summed E-state index contributed by atoms with van der Waals surface area (Å²) < 4.78 is 23.3. The van der Waals surface area contributed by atoms with E-state index in [1.54, 1.807) is 32.9 Å². The van der Waals surface area contributed by atoms with Gasteiger partial charge in [0.05, 0.1) is 5.92 Å². The number of hydrogen-bond acceptors (Lipinski definition) is 5. The molecule has 2 aromatic rings. The molecule has 0 saturated carbocycles. The molecule has 1 aromatic carbocycles. The van der Waals surface area contributed by atoms with Gasteiger partial charge < -0.3 is 9.26 Å². The predicted octanol–water partition coefficient (Wildman–Crippen LogP) is 3.00. The summed E-state index contributed by atoms with van der Waals surface area (Å²) in [6.45, 7) is 5.09. The predicted molar refractivity (Wildman–Crippen MR) is 72.8 cm³/mol. The minimum Gasteiger partial charge on any atom is -0.452 e. The van der Waals surface area contributed by atoms with Crippen molar-refractivity contribution in [1.29, 1.82) is 0 Å². The number of esters is 1. The fourth-order valence-electron chi connectivity index (χ4n) is 1.92. The van der Waals surface area contributed by atoms with Crippen molar-refractivity contribution in [2.24, 2.45) is 5.92 Å². The molecular formula is C15H17FN2O3.